The van der Waals surface area contributed by atoms with Gasteiger partial charge in [0.05, 0.1) is 38.5 Å². The molecule has 3 aliphatic rings. The molecule has 0 saturated carbocycles. The lowest BCUT2D eigenvalue weighted by molar-refractivity contribution is -0.171. The van der Waals surface area contributed by atoms with E-state index in [0.29, 0.717) is 26.3 Å². The van der Waals surface area contributed by atoms with Gasteiger partial charge in [-0.15, -0.1) is 0 Å². The average molecular weight is 363 g/mol. The number of ether oxygens (including phenoxy) is 2. The molecular weight excluding hydrogens is 337 g/mol. The van der Waals surface area contributed by atoms with Gasteiger partial charge in [0, 0.05) is 24.8 Å². The summed E-state index contributed by atoms with van der Waals surface area (Å²) < 4.78 is 24.7. The molecule has 1 aromatic carbocycles. The van der Waals surface area contributed by atoms with Crippen molar-refractivity contribution in [1.82, 2.24) is 10.2 Å². The van der Waals surface area contributed by atoms with Crippen molar-refractivity contribution in [2.24, 2.45) is 0 Å². The van der Waals surface area contributed by atoms with Crippen LogP contribution in [0.3, 0.4) is 0 Å². The summed E-state index contributed by atoms with van der Waals surface area (Å²) in [5.74, 6) is -0.213. The van der Waals surface area contributed by atoms with Crippen LogP contribution in [0.1, 0.15) is 18.4 Å². The topological polar surface area (TPSA) is 54.0 Å². The molecule has 1 N–H and O–H groups in total. The number of morpholine rings is 1. The van der Waals surface area contributed by atoms with Gasteiger partial charge in [0.1, 0.15) is 5.82 Å². The summed E-state index contributed by atoms with van der Waals surface area (Å²) in [5.41, 5.74) is 1.97. The molecule has 0 radical (unpaired) electrons. The van der Waals surface area contributed by atoms with Crippen molar-refractivity contribution in [2.75, 3.05) is 44.3 Å². The number of aryl methyl sites for hydroxylation is 1. The molecule has 142 valence electrons. The fourth-order valence-electron chi connectivity index (χ4n) is 4.16. The van der Waals surface area contributed by atoms with Gasteiger partial charge in [0.2, 0.25) is 0 Å². The number of piperidine rings is 1. The van der Waals surface area contributed by atoms with Gasteiger partial charge in [0.15, 0.2) is 0 Å². The first-order chi connectivity index (χ1) is 12.6. The molecule has 7 heteroatoms. The molecule has 1 aromatic rings. The van der Waals surface area contributed by atoms with Crippen LogP contribution in [0.25, 0.3) is 0 Å². The number of amides is 2. The molecule has 3 heterocycles. The van der Waals surface area contributed by atoms with Crippen LogP contribution in [0.5, 0.6) is 0 Å². The molecule has 0 aromatic heterocycles. The van der Waals surface area contributed by atoms with Crippen LogP contribution in [-0.2, 0) is 9.47 Å². The molecular formula is C19H26FN3O3. The molecule has 26 heavy (non-hydrogen) atoms. The minimum Gasteiger partial charge on any atom is -0.376 e. The van der Waals surface area contributed by atoms with Crippen molar-refractivity contribution >= 4 is 11.7 Å². The van der Waals surface area contributed by atoms with Crippen LogP contribution >= 0.6 is 0 Å². The SMILES string of the molecule is Cc1cc(F)ccc1N1CCCC(NC(=O)N2CC3COCC(C2)O3)C1. The van der Waals surface area contributed by atoms with Gasteiger partial charge in [-0.05, 0) is 43.5 Å². The highest BCUT2D eigenvalue weighted by atomic mass is 19.1. The first-order valence-electron chi connectivity index (χ1n) is 9.38. The summed E-state index contributed by atoms with van der Waals surface area (Å²) in [6.07, 6.45) is 1.93. The van der Waals surface area contributed by atoms with Crippen molar-refractivity contribution in [1.29, 1.82) is 0 Å². The van der Waals surface area contributed by atoms with Gasteiger partial charge < -0.3 is 24.6 Å². The molecule has 0 aliphatic carbocycles. The number of fused-ring (bicyclic) bond motifs is 2. The number of carbonyl (C=O) groups is 1. The van der Waals surface area contributed by atoms with Crippen molar-refractivity contribution in [2.45, 2.75) is 38.0 Å². The van der Waals surface area contributed by atoms with E-state index in [1.807, 2.05) is 17.9 Å². The summed E-state index contributed by atoms with van der Waals surface area (Å²) in [6, 6.07) is 4.97. The molecule has 3 atom stereocenters. The van der Waals surface area contributed by atoms with Crippen LogP contribution in [-0.4, -0.2) is 68.6 Å². The largest absolute Gasteiger partial charge is 0.376 e. The molecule has 3 saturated heterocycles. The Labute approximate surface area is 153 Å². The van der Waals surface area contributed by atoms with Crippen LogP contribution < -0.4 is 10.2 Å². The zero-order valence-corrected chi connectivity index (χ0v) is 15.1. The third-order valence-corrected chi connectivity index (χ3v) is 5.38. The van der Waals surface area contributed by atoms with E-state index in [-0.39, 0.29) is 30.1 Å². The summed E-state index contributed by atoms with van der Waals surface area (Å²) >= 11 is 0. The number of nitrogens with zero attached hydrogens (tertiary/aromatic N) is 2. The lowest BCUT2D eigenvalue weighted by Crippen LogP contribution is -2.59. The number of nitrogens with one attached hydrogen (secondary N) is 1. The minimum absolute atomic E-state index is 0.0158. The van der Waals surface area contributed by atoms with Crippen LogP contribution in [0.2, 0.25) is 0 Å². The summed E-state index contributed by atoms with van der Waals surface area (Å²) in [4.78, 5) is 16.8. The van der Waals surface area contributed by atoms with Gasteiger partial charge in [0.25, 0.3) is 0 Å². The average Bonchev–Trinajstić information content (AvgIpc) is 2.61. The van der Waals surface area contributed by atoms with E-state index in [9.17, 15) is 9.18 Å². The molecule has 3 aliphatic heterocycles. The molecule has 2 amide bonds. The Kier molecular flexibility index (Phi) is 5.00. The zero-order valence-electron chi connectivity index (χ0n) is 15.1. The summed E-state index contributed by atoms with van der Waals surface area (Å²) in [5, 5.41) is 3.18. The van der Waals surface area contributed by atoms with Crippen molar-refractivity contribution in [3.8, 4) is 0 Å². The number of urea groups is 1. The second-order valence-electron chi connectivity index (χ2n) is 7.49. The van der Waals surface area contributed by atoms with Crippen LogP contribution in [0.15, 0.2) is 18.2 Å². The number of anilines is 1. The van der Waals surface area contributed by atoms with Gasteiger partial charge in [-0.1, -0.05) is 0 Å². The highest BCUT2D eigenvalue weighted by molar-refractivity contribution is 5.75. The summed E-state index contributed by atoms with van der Waals surface area (Å²) in [7, 11) is 0. The zero-order chi connectivity index (χ0) is 18.1. The number of halogens is 1. The van der Waals surface area contributed by atoms with Gasteiger partial charge >= 0.3 is 6.03 Å². The maximum absolute atomic E-state index is 13.4. The van der Waals surface area contributed by atoms with Crippen molar-refractivity contribution in [3.63, 3.8) is 0 Å². The Morgan fingerprint density at radius 3 is 2.73 bits per heavy atom. The third kappa shape index (κ3) is 3.78. The van der Waals surface area contributed by atoms with Crippen molar-refractivity contribution < 1.29 is 18.7 Å². The molecule has 3 fully saturated rings. The molecule has 2 bridgehead atoms. The second-order valence-corrected chi connectivity index (χ2v) is 7.49. The smallest absolute Gasteiger partial charge is 0.317 e. The maximum Gasteiger partial charge on any atom is 0.317 e. The van der Waals surface area contributed by atoms with E-state index >= 15 is 0 Å². The summed E-state index contributed by atoms with van der Waals surface area (Å²) in [6.45, 7) is 5.87. The van der Waals surface area contributed by atoms with E-state index in [2.05, 4.69) is 10.2 Å². The Bertz CT molecular complexity index is 659. The Hall–Kier alpha value is -1.86. The lowest BCUT2D eigenvalue weighted by atomic mass is 10.0. The van der Waals surface area contributed by atoms with E-state index in [4.69, 9.17) is 9.47 Å². The Balaban J connectivity index is 1.36. The number of carbonyl (C=O) groups excluding carboxylic acids is 1. The molecule has 6 nitrogen and oxygen atoms in total. The maximum atomic E-state index is 13.4. The van der Waals surface area contributed by atoms with E-state index in [0.717, 1.165) is 37.2 Å². The highest BCUT2D eigenvalue weighted by Crippen LogP contribution is 2.25. The number of rotatable bonds is 2. The quantitative estimate of drug-likeness (QED) is 0.872. The lowest BCUT2D eigenvalue weighted by Gasteiger charge is -2.42. The van der Waals surface area contributed by atoms with Crippen LogP contribution in [0, 0.1) is 12.7 Å². The standard InChI is InChI=1S/C19H26FN3O3/c1-13-7-14(20)4-5-18(13)22-6-2-3-15(8-22)21-19(24)23-9-16-11-25-12-17(10-23)26-16/h4-5,7,15-17H,2-3,6,8-12H2,1H3,(H,21,24). The molecule has 0 spiro atoms. The fourth-order valence-corrected chi connectivity index (χ4v) is 4.16. The van der Waals surface area contributed by atoms with E-state index in [1.54, 1.807) is 6.07 Å². The molecule has 3 unspecified atom stereocenters. The van der Waals surface area contributed by atoms with Gasteiger partial charge in [-0.3, -0.25) is 0 Å². The monoisotopic (exact) mass is 363 g/mol. The fraction of sp³-hybridized carbons (Fsp3) is 0.632. The van der Waals surface area contributed by atoms with E-state index < -0.39 is 0 Å². The third-order valence-electron chi connectivity index (χ3n) is 5.38. The normalized spacial score (nSPS) is 28.8. The second kappa shape index (κ2) is 7.40. The Morgan fingerprint density at radius 2 is 2.00 bits per heavy atom. The van der Waals surface area contributed by atoms with Crippen LogP contribution in [0.4, 0.5) is 14.9 Å². The predicted molar refractivity (Wildman–Crippen MR) is 96.0 cm³/mol. The Morgan fingerprint density at radius 1 is 1.23 bits per heavy atom. The number of hydrogen-bond acceptors (Lipinski definition) is 4. The predicted octanol–water partition coefficient (Wildman–Crippen LogP) is 1.91. The molecule has 4 rings (SSSR count). The van der Waals surface area contributed by atoms with E-state index in [1.165, 1.54) is 6.07 Å². The highest BCUT2D eigenvalue weighted by Gasteiger charge is 2.35. The number of benzene rings is 1. The van der Waals surface area contributed by atoms with Gasteiger partial charge in [-0.2, -0.15) is 0 Å². The van der Waals surface area contributed by atoms with Gasteiger partial charge in [-0.25, -0.2) is 9.18 Å². The number of hydrogen-bond donors (Lipinski definition) is 1. The first kappa shape index (κ1) is 17.5. The minimum atomic E-state index is -0.213. The first-order valence-corrected chi connectivity index (χ1v) is 9.38. The van der Waals surface area contributed by atoms with Crippen molar-refractivity contribution in [3.05, 3.63) is 29.6 Å².